The Labute approximate surface area is 144 Å². The molecule has 0 atom stereocenters. The zero-order valence-electron chi connectivity index (χ0n) is 14.3. The van der Waals surface area contributed by atoms with Crippen molar-refractivity contribution >= 4 is 10.0 Å². The van der Waals surface area contributed by atoms with Crippen LogP contribution in [0, 0.1) is 13.8 Å². The molecule has 2 aromatic carbocycles. The molecule has 0 fully saturated rings. The molecule has 0 aromatic heterocycles. The van der Waals surface area contributed by atoms with E-state index in [1.54, 1.807) is 19.2 Å². The number of sulfonamides is 1. The van der Waals surface area contributed by atoms with Crippen LogP contribution in [0.3, 0.4) is 0 Å². The van der Waals surface area contributed by atoms with E-state index in [1.807, 2.05) is 50.2 Å². The summed E-state index contributed by atoms with van der Waals surface area (Å²) in [4.78, 5) is 0.351. The van der Waals surface area contributed by atoms with Crippen LogP contribution in [0.5, 0.6) is 5.75 Å². The monoisotopic (exact) mass is 345 g/mol. The minimum absolute atomic E-state index is 0.279. The number of benzene rings is 2. The molecule has 0 unspecified atom stereocenters. The van der Waals surface area contributed by atoms with Crippen LogP contribution in [-0.2, 0) is 16.6 Å². The molecule has 4 nitrogen and oxygen atoms in total. The second kappa shape index (κ2) is 7.64. The van der Waals surface area contributed by atoms with Gasteiger partial charge in [0, 0.05) is 13.6 Å². The van der Waals surface area contributed by atoms with E-state index in [9.17, 15) is 8.42 Å². The van der Waals surface area contributed by atoms with Gasteiger partial charge in [-0.05, 0) is 48.7 Å². The van der Waals surface area contributed by atoms with Gasteiger partial charge in [0.1, 0.15) is 12.4 Å². The van der Waals surface area contributed by atoms with Crippen LogP contribution in [0.25, 0.3) is 0 Å². The quantitative estimate of drug-likeness (QED) is 0.719. The van der Waals surface area contributed by atoms with Crippen LogP contribution in [0.1, 0.15) is 16.7 Å². The Hall–Kier alpha value is -2.11. The van der Waals surface area contributed by atoms with E-state index in [1.165, 1.54) is 4.31 Å². The lowest BCUT2D eigenvalue weighted by Gasteiger charge is -2.19. The van der Waals surface area contributed by atoms with E-state index in [0.29, 0.717) is 17.3 Å². The maximum absolute atomic E-state index is 12.8. The lowest BCUT2D eigenvalue weighted by atomic mass is 10.2. The van der Waals surface area contributed by atoms with E-state index < -0.39 is 10.0 Å². The van der Waals surface area contributed by atoms with Crippen molar-refractivity contribution in [2.45, 2.75) is 25.3 Å². The number of nitrogens with zero attached hydrogens (tertiary/aromatic N) is 1. The van der Waals surface area contributed by atoms with Gasteiger partial charge in [0.25, 0.3) is 0 Å². The Kier molecular flexibility index (Phi) is 5.80. The van der Waals surface area contributed by atoms with Crippen molar-refractivity contribution in [2.24, 2.45) is 0 Å². The molecule has 24 heavy (non-hydrogen) atoms. The Bertz CT molecular complexity index is 828. The molecule has 0 N–H and O–H groups in total. The van der Waals surface area contributed by atoms with E-state index in [0.717, 1.165) is 16.7 Å². The van der Waals surface area contributed by atoms with Crippen molar-refractivity contribution in [3.8, 4) is 5.75 Å². The van der Waals surface area contributed by atoms with Gasteiger partial charge in [-0.1, -0.05) is 36.9 Å². The topological polar surface area (TPSA) is 46.6 Å². The predicted molar refractivity (Wildman–Crippen MR) is 96.7 cm³/mol. The minimum atomic E-state index is -3.54. The summed E-state index contributed by atoms with van der Waals surface area (Å²) in [5.41, 5.74) is 2.54. The number of aryl methyl sites for hydroxylation is 2. The van der Waals surface area contributed by atoms with Crippen molar-refractivity contribution in [3.63, 3.8) is 0 Å². The molecule has 0 saturated carbocycles. The summed E-state index contributed by atoms with van der Waals surface area (Å²) >= 11 is 0. The predicted octanol–water partition coefficient (Wildman–Crippen LogP) is 3.69. The third-order valence-electron chi connectivity index (χ3n) is 3.70. The first kappa shape index (κ1) is 18.2. The molecule has 0 heterocycles. The maximum atomic E-state index is 12.8. The van der Waals surface area contributed by atoms with Gasteiger partial charge in [0.2, 0.25) is 10.0 Å². The summed E-state index contributed by atoms with van der Waals surface area (Å²) in [6.45, 7) is 8.01. The Morgan fingerprint density at radius 1 is 1.17 bits per heavy atom. The first-order valence-corrected chi connectivity index (χ1v) is 9.15. The highest BCUT2D eigenvalue weighted by atomic mass is 32.2. The summed E-state index contributed by atoms with van der Waals surface area (Å²) < 4.78 is 32.6. The van der Waals surface area contributed by atoms with Gasteiger partial charge in [-0.15, -0.1) is 0 Å². The highest BCUT2D eigenvalue weighted by molar-refractivity contribution is 7.89. The van der Waals surface area contributed by atoms with E-state index in [2.05, 4.69) is 6.58 Å². The largest absolute Gasteiger partial charge is 0.490 e. The number of ether oxygens (including phenoxy) is 1. The first-order valence-electron chi connectivity index (χ1n) is 7.71. The van der Waals surface area contributed by atoms with Gasteiger partial charge in [-0.2, -0.15) is 4.31 Å². The molecule has 0 radical (unpaired) electrons. The molecule has 2 rings (SSSR count). The maximum Gasteiger partial charge on any atom is 0.243 e. The van der Waals surface area contributed by atoms with E-state index in [4.69, 9.17) is 4.74 Å². The fourth-order valence-corrected chi connectivity index (χ4v) is 3.85. The smallest absolute Gasteiger partial charge is 0.243 e. The fourth-order valence-electron chi connectivity index (χ4n) is 2.38. The van der Waals surface area contributed by atoms with Gasteiger partial charge in [-0.3, -0.25) is 0 Å². The second-order valence-corrected chi connectivity index (χ2v) is 7.79. The third kappa shape index (κ3) is 4.24. The highest BCUT2D eigenvalue weighted by Gasteiger charge is 2.23. The van der Waals surface area contributed by atoms with Crippen molar-refractivity contribution in [2.75, 3.05) is 13.7 Å². The zero-order valence-corrected chi connectivity index (χ0v) is 15.1. The molecule has 0 spiro atoms. The normalized spacial score (nSPS) is 11.5. The summed E-state index contributed by atoms with van der Waals surface area (Å²) in [7, 11) is -1.95. The summed E-state index contributed by atoms with van der Waals surface area (Å²) in [5.74, 6) is 0.699. The molecule has 128 valence electrons. The van der Waals surface area contributed by atoms with Gasteiger partial charge in [-0.25, -0.2) is 8.42 Å². The second-order valence-electron chi connectivity index (χ2n) is 5.78. The summed E-state index contributed by atoms with van der Waals surface area (Å²) in [5, 5.41) is 0. The number of hydrogen-bond acceptors (Lipinski definition) is 3. The van der Waals surface area contributed by atoms with Crippen LogP contribution >= 0.6 is 0 Å². The summed E-state index contributed by atoms with van der Waals surface area (Å²) in [6, 6.07) is 12.9. The Morgan fingerprint density at radius 3 is 2.62 bits per heavy atom. The molecule has 0 aliphatic rings. The van der Waals surface area contributed by atoms with Crippen molar-refractivity contribution in [1.82, 2.24) is 4.31 Å². The van der Waals surface area contributed by atoms with Gasteiger partial charge in [0.15, 0.2) is 0 Å². The zero-order chi connectivity index (χ0) is 17.7. The molecular formula is C19H23NO3S. The molecule has 0 aliphatic carbocycles. The Balaban J connectivity index is 2.23. The van der Waals surface area contributed by atoms with Gasteiger partial charge < -0.3 is 4.74 Å². The van der Waals surface area contributed by atoms with Crippen LogP contribution in [0.4, 0.5) is 0 Å². The lowest BCUT2D eigenvalue weighted by molar-refractivity contribution is 0.362. The van der Waals surface area contributed by atoms with Crippen LogP contribution in [-0.4, -0.2) is 26.4 Å². The van der Waals surface area contributed by atoms with Gasteiger partial charge >= 0.3 is 0 Å². The Morgan fingerprint density at radius 2 is 1.92 bits per heavy atom. The number of rotatable bonds is 7. The molecule has 0 bridgehead atoms. The number of hydrogen-bond donors (Lipinski definition) is 0. The van der Waals surface area contributed by atoms with Crippen LogP contribution in [0.2, 0.25) is 0 Å². The molecule has 0 aliphatic heterocycles. The van der Waals surface area contributed by atoms with Crippen molar-refractivity contribution in [1.29, 1.82) is 0 Å². The molecule has 2 aromatic rings. The molecule has 5 heteroatoms. The van der Waals surface area contributed by atoms with Gasteiger partial charge in [0.05, 0.1) is 4.90 Å². The van der Waals surface area contributed by atoms with Crippen molar-refractivity contribution < 1.29 is 13.2 Å². The fraction of sp³-hybridized carbons (Fsp3) is 0.263. The molecular weight excluding hydrogens is 322 g/mol. The van der Waals surface area contributed by atoms with Crippen molar-refractivity contribution in [3.05, 3.63) is 71.8 Å². The van der Waals surface area contributed by atoms with E-state index >= 15 is 0 Å². The molecule has 0 saturated heterocycles. The average molecular weight is 345 g/mol. The minimum Gasteiger partial charge on any atom is -0.490 e. The summed E-state index contributed by atoms with van der Waals surface area (Å²) in [6.07, 6.45) is 1.67. The highest BCUT2D eigenvalue weighted by Crippen LogP contribution is 2.22. The average Bonchev–Trinajstić information content (AvgIpc) is 2.55. The third-order valence-corrected chi connectivity index (χ3v) is 5.65. The molecule has 0 amide bonds. The van der Waals surface area contributed by atoms with E-state index in [-0.39, 0.29) is 6.54 Å². The lowest BCUT2D eigenvalue weighted by Crippen LogP contribution is -2.27. The standard InChI is InChI=1S/C19H23NO3S/c1-5-11-23-18-8-6-7-17(13-18)14-20(4)24(21,22)19-12-15(2)9-10-16(19)3/h5-10,12-13H,1,11,14H2,2-4H3. The van der Waals surface area contributed by atoms with Crippen LogP contribution in [0.15, 0.2) is 60.0 Å². The first-order chi connectivity index (χ1) is 11.3. The SMILES string of the molecule is C=CCOc1cccc(CN(C)S(=O)(=O)c2cc(C)ccc2C)c1. The van der Waals surface area contributed by atoms with Crippen LogP contribution < -0.4 is 4.74 Å².